The molecule has 0 radical (unpaired) electrons. The lowest BCUT2D eigenvalue weighted by atomic mass is 10.1. The van der Waals surface area contributed by atoms with E-state index in [-0.39, 0.29) is 23.7 Å². The Hall–Kier alpha value is -3.46. The molecule has 0 atom stereocenters. The molecule has 9 heteroatoms. The Balaban J connectivity index is 1.97. The molecule has 0 fully saturated rings. The Morgan fingerprint density at radius 2 is 1.73 bits per heavy atom. The van der Waals surface area contributed by atoms with Crippen molar-refractivity contribution in [3.05, 3.63) is 66.4 Å². The van der Waals surface area contributed by atoms with Crippen LogP contribution in [0.4, 0.5) is 0 Å². The van der Waals surface area contributed by atoms with Crippen LogP contribution in [0.1, 0.15) is 17.4 Å². The number of benzene rings is 2. The molecule has 1 amide bonds. The molecule has 8 nitrogen and oxygen atoms in total. The molecule has 0 spiro atoms. The second kappa shape index (κ2) is 8.91. The Morgan fingerprint density at radius 1 is 1.07 bits per heavy atom. The standard InChI is InChI=1S/C21H21N3O5S/c1-3-29-20(25)14-22-21(26)18-13-19(15-7-5-4-6-8-15)24(23-18)16-9-11-17(12-10-16)30(2,27)28/h4-13H,3,14H2,1-2H3,(H,22,26). The van der Waals surface area contributed by atoms with E-state index in [0.29, 0.717) is 11.4 Å². The van der Waals surface area contributed by atoms with Crippen LogP contribution in [0.2, 0.25) is 0 Å². The second-order valence-corrected chi connectivity index (χ2v) is 8.46. The SMILES string of the molecule is CCOC(=O)CNC(=O)c1cc(-c2ccccc2)n(-c2ccc(S(C)(=O)=O)cc2)n1. The molecule has 0 aliphatic rings. The van der Waals surface area contributed by atoms with Crippen molar-refractivity contribution in [2.75, 3.05) is 19.4 Å². The highest BCUT2D eigenvalue weighted by Gasteiger charge is 2.18. The van der Waals surface area contributed by atoms with Gasteiger partial charge in [0.05, 0.1) is 22.9 Å². The van der Waals surface area contributed by atoms with E-state index in [1.165, 1.54) is 12.1 Å². The summed E-state index contributed by atoms with van der Waals surface area (Å²) >= 11 is 0. The van der Waals surface area contributed by atoms with Crippen molar-refractivity contribution in [1.29, 1.82) is 0 Å². The van der Waals surface area contributed by atoms with Crippen LogP contribution < -0.4 is 5.32 Å². The zero-order valence-electron chi connectivity index (χ0n) is 16.5. The van der Waals surface area contributed by atoms with Crippen molar-refractivity contribution >= 4 is 21.7 Å². The first-order valence-corrected chi connectivity index (χ1v) is 11.1. The van der Waals surface area contributed by atoms with Gasteiger partial charge >= 0.3 is 5.97 Å². The number of esters is 1. The molecule has 3 rings (SSSR count). The van der Waals surface area contributed by atoms with E-state index < -0.39 is 21.7 Å². The van der Waals surface area contributed by atoms with E-state index in [2.05, 4.69) is 10.4 Å². The molecule has 0 aliphatic heterocycles. The van der Waals surface area contributed by atoms with E-state index >= 15 is 0 Å². The van der Waals surface area contributed by atoms with E-state index in [0.717, 1.165) is 11.8 Å². The van der Waals surface area contributed by atoms with E-state index in [1.54, 1.807) is 29.8 Å². The zero-order valence-corrected chi connectivity index (χ0v) is 17.3. The number of rotatable bonds is 7. The summed E-state index contributed by atoms with van der Waals surface area (Å²) in [6.45, 7) is 1.65. The molecule has 156 valence electrons. The molecule has 2 aromatic carbocycles. The Kier molecular flexibility index (Phi) is 6.31. The maximum atomic E-state index is 12.5. The zero-order chi connectivity index (χ0) is 21.7. The van der Waals surface area contributed by atoms with Gasteiger partial charge in [0.2, 0.25) is 0 Å². The average molecular weight is 427 g/mol. The maximum absolute atomic E-state index is 12.5. The van der Waals surface area contributed by atoms with Crippen molar-refractivity contribution < 1.29 is 22.7 Å². The molecule has 0 bridgehead atoms. The maximum Gasteiger partial charge on any atom is 0.325 e. The molecule has 1 N–H and O–H groups in total. The molecule has 0 aliphatic carbocycles. The summed E-state index contributed by atoms with van der Waals surface area (Å²) in [4.78, 5) is 24.2. The van der Waals surface area contributed by atoms with Crippen molar-refractivity contribution in [1.82, 2.24) is 15.1 Å². The van der Waals surface area contributed by atoms with Crippen LogP contribution in [0.3, 0.4) is 0 Å². The van der Waals surface area contributed by atoms with Crippen LogP contribution in [-0.4, -0.2) is 49.5 Å². The number of hydrogen-bond donors (Lipinski definition) is 1. The molecule has 0 unspecified atom stereocenters. The van der Waals surface area contributed by atoms with Crippen LogP contribution in [0.15, 0.2) is 65.6 Å². The summed E-state index contributed by atoms with van der Waals surface area (Å²) in [5.41, 5.74) is 2.17. The van der Waals surface area contributed by atoms with Crippen molar-refractivity contribution in [3.63, 3.8) is 0 Å². The molecule has 0 saturated heterocycles. The molecular weight excluding hydrogens is 406 g/mol. The third-order valence-corrected chi connectivity index (χ3v) is 5.35. The number of ether oxygens (including phenoxy) is 1. The predicted octanol–water partition coefficient (Wildman–Crippen LogP) is 2.24. The first-order valence-electron chi connectivity index (χ1n) is 9.19. The number of nitrogens with one attached hydrogen (secondary N) is 1. The minimum Gasteiger partial charge on any atom is -0.465 e. The van der Waals surface area contributed by atoms with Crippen LogP contribution in [0.25, 0.3) is 16.9 Å². The van der Waals surface area contributed by atoms with Gasteiger partial charge in [-0.15, -0.1) is 0 Å². The highest BCUT2D eigenvalue weighted by molar-refractivity contribution is 7.90. The number of hydrogen-bond acceptors (Lipinski definition) is 6. The third kappa shape index (κ3) is 4.93. The Labute approximate surface area is 174 Å². The van der Waals surface area contributed by atoms with Gasteiger partial charge in [0, 0.05) is 11.8 Å². The molecule has 3 aromatic rings. The summed E-state index contributed by atoms with van der Waals surface area (Å²) in [7, 11) is -3.33. The lowest BCUT2D eigenvalue weighted by Crippen LogP contribution is -2.31. The lowest BCUT2D eigenvalue weighted by Gasteiger charge is -2.08. The number of nitrogens with zero attached hydrogens (tertiary/aromatic N) is 2. The fraction of sp³-hybridized carbons (Fsp3) is 0.190. The fourth-order valence-corrected chi connectivity index (χ4v) is 3.42. The largest absolute Gasteiger partial charge is 0.465 e. The summed E-state index contributed by atoms with van der Waals surface area (Å²) in [6.07, 6.45) is 1.14. The molecular formula is C21H21N3O5S. The summed E-state index contributed by atoms with van der Waals surface area (Å²) in [5, 5.41) is 6.86. The van der Waals surface area contributed by atoms with Gasteiger partial charge in [0.1, 0.15) is 6.54 Å². The van der Waals surface area contributed by atoms with Crippen LogP contribution >= 0.6 is 0 Å². The van der Waals surface area contributed by atoms with Gasteiger partial charge in [0.25, 0.3) is 5.91 Å². The third-order valence-electron chi connectivity index (χ3n) is 4.22. The Morgan fingerprint density at radius 3 is 2.33 bits per heavy atom. The van der Waals surface area contributed by atoms with Gasteiger partial charge < -0.3 is 10.1 Å². The quantitative estimate of drug-likeness (QED) is 0.580. The van der Waals surface area contributed by atoms with Crippen LogP contribution in [0.5, 0.6) is 0 Å². The Bertz CT molecular complexity index is 1150. The topological polar surface area (TPSA) is 107 Å². The van der Waals surface area contributed by atoms with E-state index in [1.807, 2.05) is 30.3 Å². The number of carbonyl (C=O) groups excluding carboxylic acids is 2. The van der Waals surface area contributed by atoms with E-state index in [4.69, 9.17) is 4.74 Å². The number of sulfone groups is 1. The average Bonchev–Trinajstić information content (AvgIpc) is 3.18. The van der Waals surface area contributed by atoms with Gasteiger partial charge in [-0.3, -0.25) is 9.59 Å². The summed E-state index contributed by atoms with van der Waals surface area (Å²) in [5.74, 6) is -1.06. The van der Waals surface area contributed by atoms with Gasteiger partial charge in [-0.25, -0.2) is 13.1 Å². The van der Waals surface area contributed by atoms with Crippen molar-refractivity contribution in [2.45, 2.75) is 11.8 Å². The highest BCUT2D eigenvalue weighted by Crippen LogP contribution is 2.24. The van der Waals surface area contributed by atoms with Crippen molar-refractivity contribution in [2.24, 2.45) is 0 Å². The first-order chi connectivity index (χ1) is 14.3. The van der Waals surface area contributed by atoms with E-state index in [9.17, 15) is 18.0 Å². The minimum atomic E-state index is -3.33. The minimum absolute atomic E-state index is 0.116. The van der Waals surface area contributed by atoms with Gasteiger partial charge in [-0.05, 0) is 37.3 Å². The van der Waals surface area contributed by atoms with Crippen LogP contribution in [0, 0.1) is 0 Å². The fourth-order valence-electron chi connectivity index (χ4n) is 2.79. The highest BCUT2D eigenvalue weighted by atomic mass is 32.2. The molecule has 1 heterocycles. The molecule has 30 heavy (non-hydrogen) atoms. The molecule has 0 saturated carbocycles. The van der Waals surface area contributed by atoms with Gasteiger partial charge in [-0.2, -0.15) is 5.10 Å². The van der Waals surface area contributed by atoms with Crippen LogP contribution in [-0.2, 0) is 19.4 Å². The van der Waals surface area contributed by atoms with Gasteiger partial charge in [-0.1, -0.05) is 30.3 Å². The van der Waals surface area contributed by atoms with Gasteiger partial charge in [0.15, 0.2) is 15.5 Å². The predicted molar refractivity (Wildman–Crippen MR) is 111 cm³/mol. The van der Waals surface area contributed by atoms with Crippen molar-refractivity contribution in [3.8, 4) is 16.9 Å². The smallest absolute Gasteiger partial charge is 0.325 e. The second-order valence-electron chi connectivity index (χ2n) is 6.45. The normalized spacial score (nSPS) is 11.1. The number of carbonyl (C=O) groups is 2. The molecule has 1 aromatic heterocycles. The number of aromatic nitrogens is 2. The first kappa shape index (κ1) is 21.3. The lowest BCUT2D eigenvalue weighted by molar-refractivity contribution is -0.141. The number of amides is 1. The summed E-state index contributed by atoms with van der Waals surface area (Å²) in [6, 6.07) is 17.2. The monoisotopic (exact) mass is 427 g/mol. The summed E-state index contributed by atoms with van der Waals surface area (Å²) < 4.78 is 29.8.